The van der Waals surface area contributed by atoms with Gasteiger partial charge in [0.15, 0.2) is 23.3 Å². The van der Waals surface area contributed by atoms with Gasteiger partial charge in [-0.3, -0.25) is 9.59 Å². The maximum atomic E-state index is 13.0. The highest BCUT2D eigenvalue weighted by Crippen LogP contribution is 2.27. The van der Waals surface area contributed by atoms with E-state index in [2.05, 4.69) is 4.98 Å². The van der Waals surface area contributed by atoms with E-state index in [9.17, 15) is 9.59 Å². The number of nitrogens with one attached hydrogen (secondary N) is 2. The van der Waals surface area contributed by atoms with Crippen molar-refractivity contribution in [2.75, 3.05) is 21.3 Å². The average Bonchev–Trinajstić information content (AvgIpc) is 2.94. The lowest BCUT2D eigenvalue weighted by atomic mass is 10.0. The molecule has 6 nitrogen and oxygen atoms in total. The number of likely N-dealkylation sites (N-methyl/N-ethyl adjacent to an activating group) is 1. The zero-order chi connectivity index (χ0) is 20.3. The summed E-state index contributed by atoms with van der Waals surface area (Å²) in [7, 11) is 5.19. The van der Waals surface area contributed by atoms with Crippen LogP contribution in [0.4, 0.5) is 0 Å². The minimum absolute atomic E-state index is 0.000997. The number of ketones is 2. The Balaban J connectivity index is 2.20. The van der Waals surface area contributed by atoms with Gasteiger partial charge in [0.05, 0.1) is 27.0 Å². The monoisotopic (exact) mass is 373 g/mol. The van der Waals surface area contributed by atoms with Crippen molar-refractivity contribution < 1.29 is 24.0 Å². The molecule has 2 N–H and O–H groups in total. The zero-order valence-corrected chi connectivity index (χ0v) is 17.1. The topological polar surface area (TPSA) is 72.8 Å². The van der Waals surface area contributed by atoms with Crippen molar-refractivity contribution >= 4 is 11.6 Å². The Morgan fingerprint density at radius 1 is 1.15 bits per heavy atom. The Morgan fingerprint density at radius 3 is 2.30 bits per heavy atom. The number of methoxy groups -OCH3 is 2. The lowest BCUT2D eigenvalue weighted by Crippen LogP contribution is -3.12. The molecule has 1 unspecified atom stereocenters. The molecule has 1 aromatic carbocycles. The first kappa shape index (κ1) is 20.7. The van der Waals surface area contributed by atoms with Gasteiger partial charge in [-0.1, -0.05) is 0 Å². The van der Waals surface area contributed by atoms with E-state index in [0.717, 1.165) is 21.7 Å². The second kappa shape index (κ2) is 8.39. The second-order valence-electron chi connectivity index (χ2n) is 6.98. The third-order valence-corrected chi connectivity index (χ3v) is 5.10. The van der Waals surface area contributed by atoms with Crippen LogP contribution >= 0.6 is 0 Å². The van der Waals surface area contributed by atoms with Gasteiger partial charge >= 0.3 is 0 Å². The molecule has 27 heavy (non-hydrogen) atoms. The van der Waals surface area contributed by atoms with Crippen LogP contribution < -0.4 is 14.4 Å². The molecule has 0 fully saturated rings. The van der Waals surface area contributed by atoms with Crippen LogP contribution in [-0.2, 0) is 6.54 Å². The number of aromatic amines is 1. The summed E-state index contributed by atoms with van der Waals surface area (Å²) in [4.78, 5) is 29.0. The molecule has 2 rings (SSSR count). The molecule has 0 bridgehead atoms. The third-order valence-electron chi connectivity index (χ3n) is 5.10. The summed E-state index contributed by atoms with van der Waals surface area (Å²) in [6, 6.07) is 5.50. The van der Waals surface area contributed by atoms with Gasteiger partial charge in [-0.25, -0.2) is 0 Å². The van der Waals surface area contributed by atoms with Crippen molar-refractivity contribution in [1.29, 1.82) is 0 Å². The predicted octanol–water partition coefficient (Wildman–Crippen LogP) is 2.14. The molecule has 0 aliphatic rings. The molecule has 0 saturated heterocycles. The number of benzene rings is 1. The fourth-order valence-electron chi connectivity index (χ4n) is 3.43. The minimum Gasteiger partial charge on any atom is -0.493 e. The highest BCUT2D eigenvalue weighted by Gasteiger charge is 2.28. The van der Waals surface area contributed by atoms with Crippen LogP contribution in [0.15, 0.2) is 18.2 Å². The number of hydrogen-bond donors (Lipinski definition) is 2. The molecule has 0 amide bonds. The largest absolute Gasteiger partial charge is 0.493 e. The summed E-state index contributed by atoms with van der Waals surface area (Å²) in [5.41, 5.74) is 3.66. The molecule has 2 aromatic rings. The molecule has 0 radical (unpaired) electrons. The van der Waals surface area contributed by atoms with Crippen LogP contribution in [0.25, 0.3) is 0 Å². The molecular weight excluding hydrogens is 344 g/mol. The SMILES string of the molecule is COc1ccc(C[NH+](C)[C@@H](C)C(=O)c2[nH]c(C)c(C(C)=O)c2C)cc1OC. The smallest absolute Gasteiger partial charge is 0.235 e. The lowest BCUT2D eigenvalue weighted by Gasteiger charge is -2.21. The van der Waals surface area contributed by atoms with Crippen LogP contribution in [0.3, 0.4) is 0 Å². The Labute approximate surface area is 160 Å². The van der Waals surface area contributed by atoms with Crippen molar-refractivity contribution in [2.45, 2.75) is 40.3 Å². The third kappa shape index (κ3) is 4.22. The fourth-order valence-corrected chi connectivity index (χ4v) is 3.43. The number of aromatic nitrogens is 1. The summed E-state index contributed by atoms with van der Waals surface area (Å²) >= 11 is 0. The van der Waals surface area contributed by atoms with E-state index >= 15 is 0 Å². The van der Waals surface area contributed by atoms with Gasteiger partial charge in [0.2, 0.25) is 5.78 Å². The molecule has 6 heteroatoms. The number of hydrogen-bond acceptors (Lipinski definition) is 4. The maximum absolute atomic E-state index is 13.0. The molecular formula is C21H29N2O4+. The summed E-state index contributed by atoms with van der Waals surface area (Å²) in [6.07, 6.45) is 0. The van der Waals surface area contributed by atoms with Crippen LogP contribution in [-0.4, -0.2) is 43.9 Å². The van der Waals surface area contributed by atoms with E-state index in [0.29, 0.717) is 29.3 Å². The zero-order valence-electron chi connectivity index (χ0n) is 17.1. The summed E-state index contributed by atoms with van der Waals surface area (Å²) < 4.78 is 10.6. The second-order valence-corrected chi connectivity index (χ2v) is 6.98. The normalized spacial score (nSPS) is 13.1. The van der Waals surface area contributed by atoms with E-state index in [-0.39, 0.29) is 17.6 Å². The number of quaternary nitrogens is 1. The highest BCUT2D eigenvalue weighted by molar-refractivity contribution is 6.04. The Kier molecular flexibility index (Phi) is 6.44. The van der Waals surface area contributed by atoms with Crippen molar-refractivity contribution in [3.63, 3.8) is 0 Å². The number of H-pyrrole nitrogens is 1. The van der Waals surface area contributed by atoms with Crippen molar-refractivity contribution in [2.24, 2.45) is 0 Å². The number of ether oxygens (including phenoxy) is 2. The molecule has 0 saturated carbocycles. The Morgan fingerprint density at radius 2 is 1.78 bits per heavy atom. The molecule has 2 atom stereocenters. The maximum Gasteiger partial charge on any atom is 0.235 e. The number of Topliss-reactive ketones (excluding diaryl/α,β-unsaturated/α-hetero) is 2. The van der Waals surface area contributed by atoms with E-state index in [1.54, 1.807) is 14.2 Å². The van der Waals surface area contributed by atoms with Gasteiger partial charge in [0.25, 0.3) is 0 Å². The van der Waals surface area contributed by atoms with Crippen molar-refractivity contribution in [3.8, 4) is 11.5 Å². The van der Waals surface area contributed by atoms with E-state index in [4.69, 9.17) is 9.47 Å². The fraction of sp³-hybridized carbons (Fsp3) is 0.429. The van der Waals surface area contributed by atoms with E-state index in [1.807, 2.05) is 46.0 Å². The Hall–Kier alpha value is -2.60. The molecule has 146 valence electrons. The van der Waals surface area contributed by atoms with Gasteiger partial charge in [0, 0.05) is 16.8 Å². The van der Waals surface area contributed by atoms with Crippen LogP contribution in [0.1, 0.15) is 51.5 Å². The first-order chi connectivity index (χ1) is 12.7. The predicted molar refractivity (Wildman–Crippen MR) is 104 cm³/mol. The molecule has 0 aliphatic heterocycles. The summed E-state index contributed by atoms with van der Waals surface area (Å²) in [5.74, 6) is 1.32. The number of carbonyl (C=O) groups excluding carboxylic acids is 2. The molecule has 1 aromatic heterocycles. The van der Waals surface area contributed by atoms with Gasteiger partial charge < -0.3 is 19.4 Å². The van der Waals surface area contributed by atoms with Crippen molar-refractivity contribution in [3.05, 3.63) is 46.3 Å². The number of carbonyl (C=O) groups is 2. The molecule has 0 aliphatic carbocycles. The lowest BCUT2D eigenvalue weighted by molar-refractivity contribution is -0.907. The number of aryl methyl sites for hydroxylation is 1. The van der Waals surface area contributed by atoms with Gasteiger partial charge in [-0.2, -0.15) is 0 Å². The van der Waals surface area contributed by atoms with Crippen LogP contribution in [0.5, 0.6) is 11.5 Å². The first-order valence-electron chi connectivity index (χ1n) is 8.98. The van der Waals surface area contributed by atoms with Gasteiger partial charge in [-0.05, 0) is 51.5 Å². The van der Waals surface area contributed by atoms with Crippen molar-refractivity contribution in [1.82, 2.24) is 4.98 Å². The quantitative estimate of drug-likeness (QED) is 0.696. The van der Waals surface area contributed by atoms with Gasteiger partial charge in [-0.15, -0.1) is 0 Å². The standard InChI is InChI=1S/C21H28N2O4/c1-12-19(15(4)24)13(2)22-20(12)21(25)14(3)23(5)11-16-8-9-17(26-6)18(10-16)27-7/h8-10,14,22H,11H2,1-7H3/p+1/t14-/m0/s1. The summed E-state index contributed by atoms with van der Waals surface area (Å²) in [6.45, 7) is 7.73. The van der Waals surface area contributed by atoms with Crippen LogP contribution in [0, 0.1) is 13.8 Å². The first-order valence-corrected chi connectivity index (χ1v) is 8.98. The molecule has 1 heterocycles. The van der Waals surface area contributed by atoms with Gasteiger partial charge in [0.1, 0.15) is 6.54 Å². The average molecular weight is 373 g/mol. The highest BCUT2D eigenvalue weighted by atomic mass is 16.5. The Bertz CT molecular complexity index is 854. The van der Waals surface area contributed by atoms with E-state index < -0.39 is 0 Å². The van der Waals surface area contributed by atoms with E-state index in [1.165, 1.54) is 6.92 Å². The summed E-state index contributed by atoms with van der Waals surface area (Å²) in [5, 5.41) is 0. The van der Waals surface area contributed by atoms with Crippen LogP contribution in [0.2, 0.25) is 0 Å². The molecule has 0 spiro atoms. The number of rotatable bonds is 8. The minimum atomic E-state index is -0.269.